The summed E-state index contributed by atoms with van der Waals surface area (Å²) in [5.74, 6) is 0. The SMILES string of the molecule is [CH2]CCOCc1cc(N)cc(Nc2c3ccccc3nc3ccccc23)c1.[NaH]. The summed E-state index contributed by atoms with van der Waals surface area (Å²) in [7, 11) is 0. The number of benzene rings is 3. The van der Waals surface area contributed by atoms with Gasteiger partial charge in [0.05, 0.1) is 23.3 Å². The molecule has 1 radical (unpaired) electrons. The molecule has 137 valence electrons. The van der Waals surface area contributed by atoms with E-state index in [4.69, 9.17) is 15.5 Å². The van der Waals surface area contributed by atoms with Gasteiger partial charge in [0.15, 0.2) is 0 Å². The van der Waals surface area contributed by atoms with Crippen LogP contribution in [0.5, 0.6) is 0 Å². The maximum atomic E-state index is 6.12. The van der Waals surface area contributed by atoms with Gasteiger partial charge in [-0.05, 0) is 42.3 Å². The van der Waals surface area contributed by atoms with Crippen molar-refractivity contribution in [2.24, 2.45) is 0 Å². The summed E-state index contributed by atoms with van der Waals surface area (Å²) in [6, 6.07) is 22.3. The Labute approximate surface area is 187 Å². The summed E-state index contributed by atoms with van der Waals surface area (Å²) < 4.78 is 5.61. The van der Waals surface area contributed by atoms with Gasteiger partial charge < -0.3 is 15.8 Å². The molecule has 4 aromatic rings. The molecule has 3 aromatic carbocycles. The van der Waals surface area contributed by atoms with Crippen LogP contribution in [0.4, 0.5) is 17.1 Å². The summed E-state index contributed by atoms with van der Waals surface area (Å²) >= 11 is 0. The van der Waals surface area contributed by atoms with Crippen LogP contribution in [0.2, 0.25) is 0 Å². The summed E-state index contributed by atoms with van der Waals surface area (Å²) in [4.78, 5) is 4.77. The van der Waals surface area contributed by atoms with Crippen LogP contribution in [0, 0.1) is 6.92 Å². The first kappa shape index (κ1) is 20.6. The number of nitrogens with zero attached hydrogens (tertiary/aromatic N) is 1. The van der Waals surface area contributed by atoms with E-state index in [0.717, 1.165) is 45.2 Å². The van der Waals surface area contributed by atoms with Crippen molar-refractivity contribution in [2.45, 2.75) is 13.0 Å². The second-order valence-corrected chi connectivity index (χ2v) is 6.52. The molecular weight excluding hydrogens is 357 g/mol. The molecule has 1 aromatic heterocycles. The third-order valence-corrected chi connectivity index (χ3v) is 4.43. The molecule has 0 bridgehead atoms. The van der Waals surface area contributed by atoms with Crippen molar-refractivity contribution in [1.29, 1.82) is 0 Å². The van der Waals surface area contributed by atoms with Crippen molar-refractivity contribution < 1.29 is 4.74 Å². The zero-order valence-electron chi connectivity index (χ0n) is 15.1. The van der Waals surface area contributed by atoms with Crippen LogP contribution in [0.1, 0.15) is 12.0 Å². The number of fused-ring (bicyclic) bond motifs is 2. The number of pyridine rings is 1. The van der Waals surface area contributed by atoms with E-state index >= 15 is 0 Å². The molecule has 0 aliphatic rings. The monoisotopic (exact) mass is 380 g/mol. The number of nitrogens with two attached hydrogens (primary N) is 1. The standard InChI is InChI=1S/C23H22N3O.Na.H/c1-2-11-27-15-16-12-17(24)14-18(13-16)25-23-19-7-3-5-9-21(19)26-22-10-6-4-8-20(22)23;;/h3-10,12-14H,1-2,11,15,24H2,(H,25,26);;. The normalized spacial score (nSPS) is 10.8. The van der Waals surface area contributed by atoms with Crippen molar-refractivity contribution in [2.75, 3.05) is 17.7 Å². The Kier molecular flexibility index (Phi) is 6.92. The van der Waals surface area contributed by atoms with Crippen molar-refractivity contribution in [3.8, 4) is 0 Å². The van der Waals surface area contributed by atoms with Gasteiger partial charge in [0.2, 0.25) is 0 Å². The van der Waals surface area contributed by atoms with Crippen molar-refractivity contribution in [3.05, 3.63) is 79.2 Å². The van der Waals surface area contributed by atoms with Gasteiger partial charge in [0, 0.05) is 28.8 Å². The van der Waals surface area contributed by atoms with Crippen LogP contribution >= 0.6 is 0 Å². The molecule has 5 heteroatoms. The van der Waals surface area contributed by atoms with Crippen LogP contribution in [-0.4, -0.2) is 41.1 Å². The van der Waals surface area contributed by atoms with Gasteiger partial charge >= 0.3 is 29.6 Å². The molecular formula is C23H23N3NaO. The Hall–Kier alpha value is -2.11. The van der Waals surface area contributed by atoms with Crippen LogP contribution in [0.25, 0.3) is 21.8 Å². The van der Waals surface area contributed by atoms with Gasteiger partial charge in [-0.2, -0.15) is 0 Å². The number of aromatic nitrogens is 1. The van der Waals surface area contributed by atoms with Crippen molar-refractivity contribution in [3.63, 3.8) is 0 Å². The molecule has 0 unspecified atom stereocenters. The number of rotatable bonds is 6. The fourth-order valence-electron chi connectivity index (χ4n) is 3.28. The second-order valence-electron chi connectivity index (χ2n) is 6.52. The third-order valence-electron chi connectivity index (χ3n) is 4.43. The number of hydrogen-bond acceptors (Lipinski definition) is 4. The number of para-hydroxylation sites is 2. The number of nitrogen functional groups attached to an aromatic ring is 1. The fourth-order valence-corrected chi connectivity index (χ4v) is 3.28. The quantitative estimate of drug-likeness (QED) is 0.218. The van der Waals surface area contributed by atoms with Crippen LogP contribution in [-0.2, 0) is 11.3 Å². The Morgan fingerprint density at radius 2 is 1.57 bits per heavy atom. The number of anilines is 3. The molecule has 0 atom stereocenters. The Morgan fingerprint density at radius 3 is 2.21 bits per heavy atom. The summed E-state index contributed by atoms with van der Waals surface area (Å²) in [6.45, 7) is 4.95. The fraction of sp³-hybridized carbons (Fsp3) is 0.130. The third kappa shape index (κ3) is 4.47. The van der Waals surface area contributed by atoms with Crippen molar-refractivity contribution in [1.82, 2.24) is 4.98 Å². The topological polar surface area (TPSA) is 60.2 Å². The predicted molar refractivity (Wildman–Crippen MR) is 120 cm³/mol. The van der Waals surface area contributed by atoms with Gasteiger partial charge in [-0.1, -0.05) is 43.3 Å². The number of nitrogens with one attached hydrogen (secondary N) is 1. The van der Waals surface area contributed by atoms with Gasteiger partial charge in [-0.25, -0.2) is 4.98 Å². The van der Waals surface area contributed by atoms with Crippen LogP contribution in [0.15, 0.2) is 66.7 Å². The molecule has 3 N–H and O–H groups in total. The molecule has 4 rings (SSSR count). The molecule has 0 aliphatic carbocycles. The minimum atomic E-state index is 0. The maximum absolute atomic E-state index is 6.12. The Bertz CT molecular complexity index is 1040. The first-order valence-corrected chi connectivity index (χ1v) is 9.05. The van der Waals surface area contributed by atoms with E-state index in [0.29, 0.717) is 18.9 Å². The Balaban J connectivity index is 0.00000225. The van der Waals surface area contributed by atoms with E-state index in [1.165, 1.54) is 0 Å². The van der Waals surface area contributed by atoms with Gasteiger partial charge in [-0.15, -0.1) is 0 Å². The van der Waals surface area contributed by atoms with E-state index < -0.39 is 0 Å². The van der Waals surface area contributed by atoms with E-state index in [-0.39, 0.29) is 29.6 Å². The molecule has 0 aliphatic heterocycles. The van der Waals surface area contributed by atoms with Crippen molar-refractivity contribution >= 4 is 68.4 Å². The summed E-state index contributed by atoms with van der Waals surface area (Å²) in [6.07, 6.45) is 0.752. The molecule has 4 nitrogen and oxygen atoms in total. The molecule has 1 heterocycles. The first-order chi connectivity index (χ1) is 13.2. The molecule has 0 fully saturated rings. The van der Waals surface area contributed by atoms with E-state index in [9.17, 15) is 0 Å². The number of ether oxygens (including phenoxy) is 1. The first-order valence-electron chi connectivity index (χ1n) is 9.05. The van der Waals surface area contributed by atoms with Gasteiger partial charge in [0.1, 0.15) is 0 Å². The zero-order chi connectivity index (χ0) is 18.6. The van der Waals surface area contributed by atoms with E-state index in [1.807, 2.05) is 48.5 Å². The molecule has 28 heavy (non-hydrogen) atoms. The van der Waals surface area contributed by atoms with Gasteiger partial charge in [-0.3, -0.25) is 0 Å². The zero-order valence-corrected chi connectivity index (χ0v) is 15.1. The minimum absolute atomic E-state index is 0. The predicted octanol–water partition coefficient (Wildman–Crippen LogP) is 4.81. The molecule has 0 spiro atoms. The number of hydrogen-bond donors (Lipinski definition) is 2. The van der Waals surface area contributed by atoms with Crippen LogP contribution < -0.4 is 11.1 Å². The van der Waals surface area contributed by atoms with E-state index in [1.54, 1.807) is 0 Å². The van der Waals surface area contributed by atoms with Crippen LogP contribution in [0.3, 0.4) is 0 Å². The Morgan fingerprint density at radius 1 is 0.929 bits per heavy atom. The van der Waals surface area contributed by atoms with Gasteiger partial charge in [0.25, 0.3) is 0 Å². The summed E-state index contributed by atoms with van der Waals surface area (Å²) in [5, 5.41) is 5.73. The molecule has 0 amide bonds. The average molecular weight is 380 g/mol. The summed E-state index contributed by atoms with van der Waals surface area (Å²) in [5.41, 5.74) is 11.8. The average Bonchev–Trinajstić information content (AvgIpc) is 2.68. The second kappa shape index (κ2) is 9.39. The molecule has 0 saturated carbocycles. The van der Waals surface area contributed by atoms with E-state index in [2.05, 4.69) is 30.4 Å². The molecule has 0 saturated heterocycles.